The number of hydrogen-bond donors (Lipinski definition) is 4. The number of nitrogen functional groups attached to an aromatic ring is 1. The average molecular weight is 315 g/mol. The highest BCUT2D eigenvalue weighted by molar-refractivity contribution is 7.79. The Hall–Kier alpha value is -2.47. The van der Waals surface area contributed by atoms with E-state index in [1.807, 2.05) is 0 Å². The van der Waals surface area contributed by atoms with Gasteiger partial charge in [-0.15, -0.1) is 0 Å². The summed E-state index contributed by atoms with van der Waals surface area (Å²) < 4.78 is 0. The Morgan fingerprint density at radius 3 is 2.45 bits per heavy atom. The lowest BCUT2D eigenvalue weighted by Crippen LogP contribution is -2.15. The topological polar surface area (TPSA) is 84.2 Å². The summed E-state index contributed by atoms with van der Waals surface area (Å²) in [7, 11) is 0. The quantitative estimate of drug-likeness (QED) is 0.517. The smallest absolute Gasteiger partial charge is 0.255 e. The van der Waals surface area contributed by atoms with Crippen molar-refractivity contribution in [3.8, 4) is 0 Å². The molecule has 0 saturated carbocycles. The van der Waals surface area contributed by atoms with E-state index in [1.54, 1.807) is 42.5 Å². The predicted octanol–water partition coefficient (Wildman–Crippen LogP) is 2.91. The molecule has 2 aromatic carbocycles. The van der Waals surface area contributed by atoms with E-state index >= 15 is 0 Å². The minimum Gasteiger partial charge on any atom is -0.397 e. The molecule has 0 heterocycles. The van der Waals surface area contributed by atoms with E-state index in [0.717, 1.165) is 5.56 Å². The molecule has 2 amide bonds. The molecule has 0 aliphatic heterocycles. The van der Waals surface area contributed by atoms with E-state index in [2.05, 4.69) is 23.3 Å². The van der Waals surface area contributed by atoms with Crippen molar-refractivity contribution in [1.82, 2.24) is 0 Å². The summed E-state index contributed by atoms with van der Waals surface area (Å²) in [5.74, 6) is -0.0357. The average Bonchev–Trinajstić information content (AvgIpc) is 2.49. The number of para-hydroxylation sites is 2. The van der Waals surface area contributed by atoms with Crippen molar-refractivity contribution >= 4 is 41.5 Å². The van der Waals surface area contributed by atoms with E-state index in [-0.39, 0.29) is 11.8 Å². The second-order valence-electron chi connectivity index (χ2n) is 4.75. The van der Waals surface area contributed by atoms with E-state index in [0.29, 0.717) is 28.4 Å². The third-order valence-corrected chi connectivity index (χ3v) is 3.40. The maximum atomic E-state index is 12.3. The van der Waals surface area contributed by atoms with Crippen LogP contribution in [0.3, 0.4) is 0 Å². The molecule has 2 rings (SSSR count). The first-order chi connectivity index (χ1) is 10.5. The van der Waals surface area contributed by atoms with Gasteiger partial charge in [0.2, 0.25) is 5.91 Å². The first-order valence-electron chi connectivity index (χ1n) is 6.68. The van der Waals surface area contributed by atoms with E-state index in [1.165, 1.54) is 6.92 Å². The Morgan fingerprint density at radius 2 is 1.82 bits per heavy atom. The summed E-state index contributed by atoms with van der Waals surface area (Å²) in [6, 6.07) is 12.1. The third kappa shape index (κ3) is 3.79. The van der Waals surface area contributed by atoms with Gasteiger partial charge in [-0.1, -0.05) is 18.2 Å². The Morgan fingerprint density at radius 1 is 1.09 bits per heavy atom. The summed E-state index contributed by atoms with van der Waals surface area (Å²) in [6.07, 6.45) is 0. The normalized spacial score (nSPS) is 10.1. The van der Waals surface area contributed by atoms with Crippen molar-refractivity contribution in [2.45, 2.75) is 12.7 Å². The lowest BCUT2D eigenvalue weighted by Gasteiger charge is -2.12. The Bertz CT molecular complexity index is 716. The number of nitrogens with two attached hydrogens (primary N) is 1. The molecular formula is C16H17N3O2S. The van der Waals surface area contributed by atoms with Crippen LogP contribution in [0, 0.1) is 0 Å². The van der Waals surface area contributed by atoms with Gasteiger partial charge in [-0.25, -0.2) is 0 Å². The molecule has 2 aromatic rings. The highest BCUT2D eigenvalue weighted by atomic mass is 32.1. The minimum absolute atomic E-state index is 0.201. The number of amides is 2. The van der Waals surface area contributed by atoms with E-state index in [4.69, 9.17) is 5.73 Å². The molecule has 22 heavy (non-hydrogen) atoms. The van der Waals surface area contributed by atoms with Crippen molar-refractivity contribution in [3.63, 3.8) is 0 Å². The van der Waals surface area contributed by atoms with E-state index in [9.17, 15) is 9.59 Å². The molecular weight excluding hydrogens is 298 g/mol. The molecule has 0 aliphatic rings. The zero-order valence-electron chi connectivity index (χ0n) is 12.1. The molecule has 0 unspecified atom stereocenters. The Kier molecular flexibility index (Phi) is 5.06. The molecule has 0 atom stereocenters. The van der Waals surface area contributed by atoms with Gasteiger partial charge in [-0.3, -0.25) is 9.59 Å². The summed E-state index contributed by atoms with van der Waals surface area (Å²) in [5.41, 5.74) is 8.70. The van der Waals surface area contributed by atoms with Crippen LogP contribution in [0.15, 0.2) is 42.5 Å². The lowest BCUT2D eigenvalue weighted by molar-refractivity contribution is -0.114. The molecule has 0 radical (unpaired) electrons. The van der Waals surface area contributed by atoms with Gasteiger partial charge in [-0.2, -0.15) is 12.6 Å². The van der Waals surface area contributed by atoms with Crippen LogP contribution in [0.2, 0.25) is 0 Å². The third-order valence-electron chi connectivity index (χ3n) is 3.06. The van der Waals surface area contributed by atoms with Crippen molar-refractivity contribution in [2.24, 2.45) is 0 Å². The van der Waals surface area contributed by atoms with Gasteiger partial charge in [0, 0.05) is 23.9 Å². The van der Waals surface area contributed by atoms with Gasteiger partial charge in [0.05, 0.1) is 11.4 Å². The van der Waals surface area contributed by atoms with E-state index < -0.39 is 0 Å². The zero-order valence-corrected chi connectivity index (χ0v) is 13.0. The van der Waals surface area contributed by atoms with Crippen molar-refractivity contribution < 1.29 is 9.59 Å². The largest absolute Gasteiger partial charge is 0.397 e. The molecule has 0 bridgehead atoms. The van der Waals surface area contributed by atoms with Crippen molar-refractivity contribution in [2.75, 3.05) is 16.4 Å². The van der Waals surface area contributed by atoms with Gasteiger partial charge in [-0.05, 0) is 29.8 Å². The fraction of sp³-hybridized carbons (Fsp3) is 0.125. The number of rotatable bonds is 4. The van der Waals surface area contributed by atoms with Gasteiger partial charge >= 0.3 is 0 Å². The van der Waals surface area contributed by atoms with Crippen LogP contribution < -0.4 is 16.4 Å². The van der Waals surface area contributed by atoms with Crippen LogP contribution in [-0.4, -0.2) is 11.8 Å². The number of thiol groups is 1. The number of hydrogen-bond acceptors (Lipinski definition) is 4. The summed E-state index contributed by atoms with van der Waals surface area (Å²) in [4.78, 5) is 23.6. The van der Waals surface area contributed by atoms with Crippen molar-refractivity contribution in [1.29, 1.82) is 0 Å². The SMILES string of the molecule is CC(=O)Nc1cc(C(=O)Nc2ccccc2N)ccc1CS. The number of benzene rings is 2. The molecule has 4 N–H and O–H groups in total. The second kappa shape index (κ2) is 7.00. The highest BCUT2D eigenvalue weighted by Gasteiger charge is 2.11. The first-order valence-corrected chi connectivity index (χ1v) is 7.31. The van der Waals surface area contributed by atoms with Gasteiger partial charge in [0.25, 0.3) is 5.91 Å². The second-order valence-corrected chi connectivity index (χ2v) is 5.07. The summed E-state index contributed by atoms with van der Waals surface area (Å²) in [5, 5.41) is 5.45. The van der Waals surface area contributed by atoms with Crippen molar-refractivity contribution in [3.05, 3.63) is 53.6 Å². The van der Waals surface area contributed by atoms with Crippen LogP contribution >= 0.6 is 12.6 Å². The van der Waals surface area contributed by atoms with Crippen LogP contribution in [0.1, 0.15) is 22.8 Å². The summed E-state index contributed by atoms with van der Waals surface area (Å²) >= 11 is 4.21. The van der Waals surface area contributed by atoms with Gasteiger partial charge in [0.15, 0.2) is 0 Å². The monoisotopic (exact) mass is 315 g/mol. The first kappa shape index (κ1) is 15.9. The predicted molar refractivity (Wildman–Crippen MR) is 92.2 cm³/mol. The maximum absolute atomic E-state index is 12.3. The Balaban J connectivity index is 2.26. The fourth-order valence-electron chi connectivity index (χ4n) is 1.97. The Labute approximate surface area is 134 Å². The number of anilines is 3. The van der Waals surface area contributed by atoms with Crippen LogP contribution in [0.4, 0.5) is 17.1 Å². The van der Waals surface area contributed by atoms with Crippen LogP contribution in [0.25, 0.3) is 0 Å². The number of nitrogens with one attached hydrogen (secondary N) is 2. The fourth-order valence-corrected chi connectivity index (χ4v) is 2.24. The minimum atomic E-state index is -0.296. The van der Waals surface area contributed by atoms with Crippen LogP contribution in [0.5, 0.6) is 0 Å². The van der Waals surface area contributed by atoms with Gasteiger partial charge in [0.1, 0.15) is 0 Å². The maximum Gasteiger partial charge on any atom is 0.255 e. The number of carbonyl (C=O) groups excluding carboxylic acids is 2. The molecule has 6 heteroatoms. The standard InChI is InChI=1S/C16H17N3O2S/c1-10(20)18-15-8-11(6-7-12(15)9-22)16(21)19-14-5-3-2-4-13(14)17/h2-8,22H,9,17H2,1H3,(H,18,20)(H,19,21). The summed E-state index contributed by atoms with van der Waals surface area (Å²) in [6.45, 7) is 1.42. The molecule has 0 aliphatic carbocycles. The van der Waals surface area contributed by atoms with Crippen LogP contribution in [-0.2, 0) is 10.5 Å². The molecule has 0 aromatic heterocycles. The molecule has 0 spiro atoms. The molecule has 0 fully saturated rings. The van der Waals surface area contributed by atoms with Gasteiger partial charge < -0.3 is 16.4 Å². The zero-order chi connectivity index (χ0) is 16.1. The lowest BCUT2D eigenvalue weighted by atomic mass is 10.1. The molecule has 114 valence electrons. The molecule has 5 nitrogen and oxygen atoms in total. The number of carbonyl (C=O) groups is 2. The highest BCUT2D eigenvalue weighted by Crippen LogP contribution is 2.22. The molecule has 0 saturated heterocycles.